The zero-order valence-corrected chi connectivity index (χ0v) is 18.9. The molecule has 2 aromatic rings. The molecule has 1 saturated carbocycles. The first-order chi connectivity index (χ1) is 15.6. The fourth-order valence-corrected chi connectivity index (χ4v) is 5.55. The summed E-state index contributed by atoms with van der Waals surface area (Å²) >= 11 is 5.91. The summed E-state index contributed by atoms with van der Waals surface area (Å²) in [5.41, 5.74) is 2.39. The lowest BCUT2D eigenvalue weighted by Crippen LogP contribution is -2.46. The summed E-state index contributed by atoms with van der Waals surface area (Å²) in [5.74, 6) is 0.814. The van der Waals surface area contributed by atoms with E-state index in [1.165, 1.54) is 12.8 Å². The number of nitrogens with zero attached hydrogens (tertiary/aromatic N) is 1. The largest absolute Gasteiger partial charge is 0.370 e. The Morgan fingerprint density at radius 2 is 1.81 bits per heavy atom. The molecule has 3 fully saturated rings. The van der Waals surface area contributed by atoms with Gasteiger partial charge in [0.05, 0.1) is 12.2 Å². The molecule has 2 aromatic carbocycles. The van der Waals surface area contributed by atoms with Gasteiger partial charge in [-0.3, -0.25) is 9.59 Å². The van der Waals surface area contributed by atoms with Gasteiger partial charge in [0.15, 0.2) is 0 Å². The van der Waals surface area contributed by atoms with Crippen molar-refractivity contribution in [2.24, 2.45) is 11.8 Å². The van der Waals surface area contributed by atoms with E-state index in [2.05, 4.69) is 16.3 Å². The highest BCUT2D eigenvalue weighted by molar-refractivity contribution is 6.30. The Morgan fingerprint density at radius 3 is 2.59 bits per heavy atom. The predicted molar refractivity (Wildman–Crippen MR) is 125 cm³/mol. The molecule has 0 radical (unpaired) electrons. The quantitative estimate of drug-likeness (QED) is 0.670. The van der Waals surface area contributed by atoms with Crippen molar-refractivity contribution < 1.29 is 14.3 Å². The number of fused-ring (bicyclic) bond motifs is 1. The van der Waals surface area contributed by atoms with Crippen LogP contribution in [0.4, 0.5) is 5.69 Å². The number of ether oxygens (including phenoxy) is 1. The van der Waals surface area contributed by atoms with E-state index in [9.17, 15) is 9.59 Å². The fourth-order valence-electron chi connectivity index (χ4n) is 5.42. The van der Waals surface area contributed by atoms with E-state index in [-0.39, 0.29) is 24.0 Å². The Hall–Kier alpha value is -2.37. The minimum Gasteiger partial charge on any atom is -0.370 e. The second kappa shape index (κ2) is 9.24. The van der Waals surface area contributed by atoms with Gasteiger partial charge >= 0.3 is 0 Å². The third kappa shape index (κ3) is 4.55. The van der Waals surface area contributed by atoms with Gasteiger partial charge in [0.25, 0.3) is 5.91 Å². The van der Waals surface area contributed by atoms with E-state index >= 15 is 0 Å². The van der Waals surface area contributed by atoms with E-state index in [0.717, 1.165) is 50.0 Å². The molecular formula is C26H29ClN2O3. The normalized spacial score (nSPS) is 25.5. The van der Waals surface area contributed by atoms with Gasteiger partial charge in [0.1, 0.15) is 0 Å². The monoisotopic (exact) mass is 452 g/mol. The Morgan fingerprint density at radius 1 is 1.03 bits per heavy atom. The molecule has 2 saturated heterocycles. The van der Waals surface area contributed by atoms with Crippen molar-refractivity contribution in [2.45, 2.75) is 50.7 Å². The molecule has 1 aliphatic carbocycles. The number of piperidine rings is 1. The number of hydrogen-bond donors (Lipinski definition) is 1. The minimum absolute atomic E-state index is 0.00100. The maximum atomic E-state index is 12.9. The first-order valence-corrected chi connectivity index (χ1v) is 12.1. The summed E-state index contributed by atoms with van der Waals surface area (Å²) in [6.07, 6.45) is 6.51. The molecule has 3 unspecified atom stereocenters. The Kier molecular flexibility index (Phi) is 6.20. The van der Waals surface area contributed by atoms with Crippen molar-refractivity contribution in [3.63, 3.8) is 0 Å². The summed E-state index contributed by atoms with van der Waals surface area (Å²) < 4.78 is 6.40. The Labute approximate surface area is 194 Å². The number of likely N-dealkylation sites (tertiary alicyclic amines) is 1. The number of carbonyl (C=O) groups is 2. The first-order valence-electron chi connectivity index (χ1n) is 11.7. The molecule has 2 heterocycles. The highest BCUT2D eigenvalue weighted by Crippen LogP contribution is 2.42. The Balaban J connectivity index is 1.22. The van der Waals surface area contributed by atoms with Crippen LogP contribution in [0.1, 0.15) is 60.6 Å². The van der Waals surface area contributed by atoms with Crippen LogP contribution in [0, 0.1) is 11.8 Å². The van der Waals surface area contributed by atoms with E-state index in [1.807, 2.05) is 18.2 Å². The SMILES string of the molecule is O=C(Nc1cccc(C2CC3CN(C(=O)C4CCCC4)CCC3O2)c1)c1ccc(Cl)cc1. The van der Waals surface area contributed by atoms with E-state index < -0.39 is 0 Å². The molecule has 0 bridgehead atoms. The second-order valence-corrected chi connectivity index (χ2v) is 9.74. The van der Waals surface area contributed by atoms with Crippen molar-refractivity contribution in [3.05, 3.63) is 64.7 Å². The summed E-state index contributed by atoms with van der Waals surface area (Å²) in [5, 5.41) is 3.57. The lowest BCUT2D eigenvalue weighted by molar-refractivity contribution is -0.138. The standard InChI is InChI=1S/C26H29ClN2O3/c27-21-10-8-17(9-11-21)25(30)28-22-7-3-6-19(14-22)24-15-20-16-29(13-12-23(20)32-24)26(31)18-4-1-2-5-18/h3,6-11,14,18,20,23-24H,1-2,4-5,12-13,15-16H2,(H,28,30). The van der Waals surface area contributed by atoms with Gasteiger partial charge in [-0.25, -0.2) is 0 Å². The topological polar surface area (TPSA) is 58.6 Å². The van der Waals surface area contributed by atoms with Gasteiger partial charge in [-0.2, -0.15) is 0 Å². The van der Waals surface area contributed by atoms with E-state index in [4.69, 9.17) is 16.3 Å². The number of halogens is 1. The molecule has 32 heavy (non-hydrogen) atoms. The van der Waals surface area contributed by atoms with Crippen LogP contribution in [0.5, 0.6) is 0 Å². The van der Waals surface area contributed by atoms with Crippen molar-refractivity contribution in [2.75, 3.05) is 18.4 Å². The van der Waals surface area contributed by atoms with Crippen LogP contribution in [-0.2, 0) is 9.53 Å². The first kappa shape index (κ1) is 21.5. The highest BCUT2D eigenvalue weighted by atomic mass is 35.5. The molecule has 2 aliphatic heterocycles. The number of nitrogens with one attached hydrogen (secondary N) is 1. The molecule has 0 aromatic heterocycles. The second-order valence-electron chi connectivity index (χ2n) is 9.30. The van der Waals surface area contributed by atoms with Crippen molar-refractivity contribution >= 4 is 29.1 Å². The number of hydrogen-bond acceptors (Lipinski definition) is 3. The zero-order valence-electron chi connectivity index (χ0n) is 18.1. The number of benzene rings is 2. The molecule has 5 rings (SSSR count). The van der Waals surface area contributed by atoms with Gasteiger partial charge < -0.3 is 15.0 Å². The predicted octanol–water partition coefficient (Wildman–Crippen LogP) is 5.46. The molecule has 1 N–H and O–H groups in total. The lowest BCUT2D eigenvalue weighted by Gasteiger charge is -2.35. The van der Waals surface area contributed by atoms with Crippen molar-refractivity contribution in [1.82, 2.24) is 4.90 Å². The van der Waals surface area contributed by atoms with Crippen LogP contribution in [0.2, 0.25) is 5.02 Å². The maximum Gasteiger partial charge on any atom is 0.255 e. The van der Waals surface area contributed by atoms with Gasteiger partial charge in [-0.15, -0.1) is 0 Å². The van der Waals surface area contributed by atoms with Gasteiger partial charge in [-0.05, 0) is 67.6 Å². The number of carbonyl (C=O) groups excluding carboxylic acids is 2. The molecule has 0 spiro atoms. The summed E-state index contributed by atoms with van der Waals surface area (Å²) in [6.45, 7) is 1.61. The minimum atomic E-state index is -0.166. The highest BCUT2D eigenvalue weighted by Gasteiger charge is 2.41. The summed E-state index contributed by atoms with van der Waals surface area (Å²) in [6, 6.07) is 14.7. The molecular weight excluding hydrogens is 424 g/mol. The van der Waals surface area contributed by atoms with Crippen molar-refractivity contribution in [3.8, 4) is 0 Å². The van der Waals surface area contributed by atoms with E-state index in [0.29, 0.717) is 22.4 Å². The van der Waals surface area contributed by atoms with Crippen LogP contribution in [0.25, 0.3) is 0 Å². The maximum absolute atomic E-state index is 12.9. The Bertz CT molecular complexity index is 987. The van der Waals surface area contributed by atoms with E-state index in [1.54, 1.807) is 24.3 Å². The zero-order chi connectivity index (χ0) is 22.1. The summed E-state index contributed by atoms with van der Waals surface area (Å²) in [4.78, 5) is 27.5. The van der Waals surface area contributed by atoms with Crippen LogP contribution < -0.4 is 5.32 Å². The van der Waals surface area contributed by atoms with Crippen molar-refractivity contribution in [1.29, 1.82) is 0 Å². The average molecular weight is 453 g/mol. The smallest absolute Gasteiger partial charge is 0.255 e. The molecule has 2 amide bonds. The van der Waals surface area contributed by atoms with Gasteiger partial charge in [0.2, 0.25) is 5.91 Å². The number of rotatable bonds is 4. The molecule has 5 nitrogen and oxygen atoms in total. The number of anilines is 1. The van der Waals surface area contributed by atoms with Gasteiger partial charge in [-0.1, -0.05) is 36.6 Å². The molecule has 168 valence electrons. The third-order valence-electron chi connectivity index (χ3n) is 7.16. The molecule has 6 heteroatoms. The third-order valence-corrected chi connectivity index (χ3v) is 7.41. The molecule has 3 aliphatic rings. The average Bonchev–Trinajstić information content (AvgIpc) is 3.49. The van der Waals surface area contributed by atoms with Crippen LogP contribution >= 0.6 is 11.6 Å². The summed E-state index contributed by atoms with van der Waals surface area (Å²) in [7, 11) is 0. The van der Waals surface area contributed by atoms with Crippen LogP contribution in [0.15, 0.2) is 48.5 Å². The lowest BCUT2D eigenvalue weighted by atomic mass is 9.90. The van der Waals surface area contributed by atoms with Crippen LogP contribution in [0.3, 0.4) is 0 Å². The molecule has 3 atom stereocenters. The van der Waals surface area contributed by atoms with Crippen LogP contribution in [-0.4, -0.2) is 35.9 Å². The van der Waals surface area contributed by atoms with Gasteiger partial charge in [0, 0.05) is 41.2 Å². The number of amides is 2. The fraction of sp³-hybridized carbons (Fsp3) is 0.462.